The summed E-state index contributed by atoms with van der Waals surface area (Å²) in [6, 6.07) is 0. The Kier molecular flexibility index (Phi) is 6.89. The Morgan fingerprint density at radius 3 is 2.29 bits per heavy atom. The molecule has 1 unspecified atom stereocenters. The number of amides is 1. The summed E-state index contributed by atoms with van der Waals surface area (Å²) in [5, 5.41) is 0. The molecule has 17 heavy (non-hydrogen) atoms. The number of carbonyl (C=O) groups is 2. The molecule has 0 radical (unpaired) electrons. The molecule has 5 heteroatoms. The number of hydrogen-bond donors (Lipinski definition) is 0. The van der Waals surface area contributed by atoms with E-state index < -0.39 is 0 Å². The molecule has 0 N–H and O–H groups in total. The number of ether oxygens (including phenoxy) is 2. The van der Waals surface area contributed by atoms with E-state index in [1.54, 1.807) is 21.0 Å². The van der Waals surface area contributed by atoms with Gasteiger partial charge in [0, 0.05) is 19.7 Å². The van der Waals surface area contributed by atoms with E-state index in [9.17, 15) is 9.59 Å². The van der Waals surface area contributed by atoms with Crippen LogP contribution in [0.25, 0.3) is 0 Å². The highest BCUT2D eigenvalue weighted by Gasteiger charge is 2.24. The first-order chi connectivity index (χ1) is 7.88. The van der Waals surface area contributed by atoms with E-state index in [0.29, 0.717) is 18.8 Å². The van der Waals surface area contributed by atoms with Gasteiger partial charge in [0.1, 0.15) is 12.7 Å². The van der Waals surface area contributed by atoms with Crippen LogP contribution in [0.4, 0.5) is 0 Å². The maximum Gasteiger partial charge on any atom is 0.333 e. The highest BCUT2D eigenvalue weighted by molar-refractivity contribution is 5.87. The van der Waals surface area contributed by atoms with Crippen LogP contribution < -0.4 is 0 Å². The van der Waals surface area contributed by atoms with Crippen LogP contribution in [0.1, 0.15) is 6.92 Å². The zero-order chi connectivity index (χ0) is 13.4. The summed E-state index contributed by atoms with van der Waals surface area (Å²) in [6.07, 6.45) is 1.42. The Balaban J connectivity index is 0.000000325. The van der Waals surface area contributed by atoms with E-state index in [1.165, 1.54) is 11.0 Å². The summed E-state index contributed by atoms with van der Waals surface area (Å²) in [5.41, 5.74) is 0.431. The molecule has 0 aliphatic carbocycles. The van der Waals surface area contributed by atoms with E-state index in [0.717, 1.165) is 0 Å². The minimum atomic E-state index is -0.337. The number of nitrogens with zero attached hydrogens (tertiary/aromatic N) is 1. The molecule has 96 valence electrons. The number of epoxide rings is 1. The van der Waals surface area contributed by atoms with E-state index in [2.05, 4.69) is 13.2 Å². The number of hydrogen-bond acceptors (Lipinski definition) is 4. The molecule has 0 aromatic carbocycles. The fourth-order valence-electron chi connectivity index (χ4n) is 0.639. The van der Waals surface area contributed by atoms with Gasteiger partial charge < -0.3 is 14.4 Å². The lowest BCUT2D eigenvalue weighted by Crippen LogP contribution is -2.18. The van der Waals surface area contributed by atoms with Crippen LogP contribution in [0.15, 0.2) is 24.8 Å². The smallest absolute Gasteiger partial charge is 0.333 e. The van der Waals surface area contributed by atoms with Crippen molar-refractivity contribution >= 4 is 11.9 Å². The molecule has 0 aromatic rings. The molecule has 0 bridgehead atoms. The van der Waals surface area contributed by atoms with Gasteiger partial charge in [0.15, 0.2) is 0 Å². The Bertz CT molecular complexity index is 306. The summed E-state index contributed by atoms with van der Waals surface area (Å²) in [4.78, 5) is 22.5. The molecule has 1 rings (SSSR count). The molecular weight excluding hydrogens is 222 g/mol. The number of carbonyl (C=O) groups excluding carboxylic acids is 2. The molecule has 1 heterocycles. The van der Waals surface area contributed by atoms with Gasteiger partial charge in [0.05, 0.1) is 6.61 Å². The Labute approximate surface area is 102 Å². The quantitative estimate of drug-likeness (QED) is 0.414. The normalized spacial score (nSPS) is 16.1. The van der Waals surface area contributed by atoms with E-state index in [1.807, 2.05) is 0 Å². The lowest BCUT2D eigenvalue weighted by Gasteiger charge is -2.03. The van der Waals surface area contributed by atoms with Gasteiger partial charge in [-0.2, -0.15) is 0 Å². The molecule has 0 aromatic heterocycles. The molecule has 1 atom stereocenters. The lowest BCUT2D eigenvalue weighted by molar-refractivity contribution is -0.139. The second-order valence-electron chi connectivity index (χ2n) is 3.77. The molecule has 5 nitrogen and oxygen atoms in total. The SMILES string of the molecule is C=C(C)C(=O)OCC1CO1.C=CC(=O)N(C)C. The largest absolute Gasteiger partial charge is 0.459 e. The Morgan fingerprint density at radius 2 is 2.06 bits per heavy atom. The van der Waals surface area contributed by atoms with Gasteiger partial charge in [-0.25, -0.2) is 4.79 Å². The summed E-state index contributed by atoms with van der Waals surface area (Å²) >= 11 is 0. The van der Waals surface area contributed by atoms with Crippen molar-refractivity contribution < 1.29 is 19.1 Å². The monoisotopic (exact) mass is 241 g/mol. The second kappa shape index (κ2) is 7.62. The van der Waals surface area contributed by atoms with Gasteiger partial charge in [-0.05, 0) is 13.0 Å². The summed E-state index contributed by atoms with van der Waals surface area (Å²) in [6.45, 7) is 9.43. The molecular formula is C12H19NO4. The van der Waals surface area contributed by atoms with Crippen LogP contribution in [0, 0.1) is 0 Å². The van der Waals surface area contributed by atoms with Crippen molar-refractivity contribution in [3.8, 4) is 0 Å². The zero-order valence-electron chi connectivity index (χ0n) is 10.6. The fraction of sp³-hybridized carbons (Fsp3) is 0.500. The Morgan fingerprint density at radius 1 is 1.53 bits per heavy atom. The third-order valence-electron chi connectivity index (χ3n) is 1.77. The minimum absolute atomic E-state index is 0.0556. The first kappa shape index (κ1) is 15.4. The van der Waals surface area contributed by atoms with E-state index >= 15 is 0 Å². The molecule has 1 fully saturated rings. The van der Waals surface area contributed by atoms with Crippen LogP contribution in [0.2, 0.25) is 0 Å². The van der Waals surface area contributed by atoms with Crippen molar-refractivity contribution in [3.63, 3.8) is 0 Å². The van der Waals surface area contributed by atoms with Gasteiger partial charge >= 0.3 is 5.97 Å². The number of likely N-dealkylation sites (N-methyl/N-ethyl adjacent to an activating group) is 1. The Hall–Kier alpha value is -1.62. The summed E-state index contributed by atoms with van der Waals surface area (Å²) in [5.74, 6) is -0.393. The molecule has 1 aliphatic rings. The fourth-order valence-corrected chi connectivity index (χ4v) is 0.639. The molecule has 0 spiro atoms. The van der Waals surface area contributed by atoms with Crippen molar-refractivity contribution in [2.75, 3.05) is 27.3 Å². The van der Waals surface area contributed by atoms with Gasteiger partial charge in [-0.15, -0.1) is 0 Å². The highest BCUT2D eigenvalue weighted by atomic mass is 16.6. The summed E-state index contributed by atoms with van der Waals surface area (Å²) in [7, 11) is 3.37. The van der Waals surface area contributed by atoms with Gasteiger partial charge in [0.25, 0.3) is 0 Å². The van der Waals surface area contributed by atoms with Crippen molar-refractivity contribution in [2.24, 2.45) is 0 Å². The molecule has 1 aliphatic heterocycles. The van der Waals surface area contributed by atoms with Crippen molar-refractivity contribution in [2.45, 2.75) is 13.0 Å². The molecule has 1 saturated heterocycles. The first-order valence-corrected chi connectivity index (χ1v) is 5.16. The van der Waals surface area contributed by atoms with Crippen molar-refractivity contribution in [3.05, 3.63) is 24.8 Å². The summed E-state index contributed by atoms with van der Waals surface area (Å²) < 4.78 is 9.60. The number of rotatable bonds is 4. The third kappa shape index (κ3) is 8.21. The minimum Gasteiger partial charge on any atom is -0.459 e. The third-order valence-corrected chi connectivity index (χ3v) is 1.77. The maximum atomic E-state index is 10.7. The molecule has 0 saturated carbocycles. The number of esters is 1. The standard InChI is InChI=1S/C7H10O3.C5H9NO/c1-5(2)7(8)10-4-6-3-9-6;1-4-5(7)6(2)3/h6H,1,3-4H2,2H3;4H,1H2,2-3H3. The predicted molar refractivity (Wildman–Crippen MR) is 64.4 cm³/mol. The van der Waals surface area contributed by atoms with Crippen LogP contribution in [0.5, 0.6) is 0 Å². The van der Waals surface area contributed by atoms with Crippen LogP contribution in [0.3, 0.4) is 0 Å². The van der Waals surface area contributed by atoms with E-state index in [-0.39, 0.29) is 18.0 Å². The average Bonchev–Trinajstić information content (AvgIpc) is 3.09. The topological polar surface area (TPSA) is 59.1 Å². The van der Waals surface area contributed by atoms with Gasteiger partial charge in [-0.1, -0.05) is 13.2 Å². The van der Waals surface area contributed by atoms with Crippen LogP contribution >= 0.6 is 0 Å². The second-order valence-corrected chi connectivity index (χ2v) is 3.77. The van der Waals surface area contributed by atoms with Crippen molar-refractivity contribution in [1.29, 1.82) is 0 Å². The highest BCUT2D eigenvalue weighted by Crippen LogP contribution is 2.09. The van der Waals surface area contributed by atoms with E-state index in [4.69, 9.17) is 9.47 Å². The van der Waals surface area contributed by atoms with Gasteiger partial charge in [0.2, 0.25) is 5.91 Å². The maximum absolute atomic E-state index is 10.7. The van der Waals surface area contributed by atoms with Crippen LogP contribution in [-0.2, 0) is 19.1 Å². The first-order valence-electron chi connectivity index (χ1n) is 5.16. The zero-order valence-corrected chi connectivity index (χ0v) is 10.6. The van der Waals surface area contributed by atoms with Crippen LogP contribution in [-0.4, -0.2) is 50.2 Å². The average molecular weight is 241 g/mol. The van der Waals surface area contributed by atoms with Gasteiger partial charge in [-0.3, -0.25) is 4.79 Å². The van der Waals surface area contributed by atoms with Crippen molar-refractivity contribution in [1.82, 2.24) is 4.90 Å². The predicted octanol–water partition coefficient (Wildman–Crippen LogP) is 0.765. The lowest BCUT2D eigenvalue weighted by atomic mass is 10.4. The molecule has 1 amide bonds.